The fourth-order valence-corrected chi connectivity index (χ4v) is 3.25. The maximum atomic E-state index is 6.02. The molecule has 2 aliphatic rings. The van der Waals surface area contributed by atoms with Crippen molar-refractivity contribution in [3.63, 3.8) is 0 Å². The molecule has 2 heterocycles. The molecule has 0 amide bonds. The molecule has 24 heavy (non-hydrogen) atoms. The van der Waals surface area contributed by atoms with E-state index in [9.17, 15) is 0 Å². The van der Waals surface area contributed by atoms with Crippen LogP contribution in [0.3, 0.4) is 0 Å². The summed E-state index contributed by atoms with van der Waals surface area (Å²) in [6.45, 7) is 1.34. The van der Waals surface area contributed by atoms with Crippen molar-refractivity contribution >= 4 is 0 Å². The summed E-state index contributed by atoms with van der Waals surface area (Å²) in [5.41, 5.74) is 2.29. The third-order valence-electron chi connectivity index (χ3n) is 4.49. The van der Waals surface area contributed by atoms with Gasteiger partial charge in [-0.3, -0.25) is 4.74 Å². The van der Waals surface area contributed by atoms with Gasteiger partial charge in [0.1, 0.15) is 12.4 Å². The van der Waals surface area contributed by atoms with Crippen LogP contribution in [0.5, 0.6) is 5.75 Å². The molecule has 0 aliphatic carbocycles. The number of aliphatic hydroxyl groups is 2. The SMILES string of the molecule is c1ccc(COc2ccccc2CC2O[C@H]3OCCCC3[OH+]2)cc1. The predicted octanol–water partition coefficient (Wildman–Crippen LogP) is 3.20. The lowest BCUT2D eigenvalue weighted by atomic mass is 10.1. The van der Waals surface area contributed by atoms with Gasteiger partial charge < -0.3 is 14.2 Å². The highest BCUT2D eigenvalue weighted by atomic mass is 16.8. The summed E-state index contributed by atoms with van der Waals surface area (Å²) in [5.74, 6) is 0.899. The Morgan fingerprint density at radius 3 is 2.75 bits per heavy atom. The number of hydrogen-bond donors (Lipinski definition) is 0. The second-order valence-corrected chi connectivity index (χ2v) is 6.27. The van der Waals surface area contributed by atoms with Gasteiger partial charge in [0, 0.05) is 12.0 Å². The Kier molecular flexibility index (Phi) is 4.78. The molecular weight excluding hydrogens is 304 g/mol. The molecule has 4 rings (SSSR count). The van der Waals surface area contributed by atoms with E-state index >= 15 is 0 Å². The lowest BCUT2D eigenvalue weighted by Crippen LogP contribution is -2.32. The molecule has 0 aromatic heterocycles. The molecule has 0 radical (unpaired) electrons. The Labute approximate surface area is 142 Å². The molecule has 4 heteroatoms. The van der Waals surface area contributed by atoms with E-state index in [1.54, 1.807) is 0 Å². The van der Waals surface area contributed by atoms with Crippen molar-refractivity contribution in [3.8, 4) is 5.75 Å². The van der Waals surface area contributed by atoms with E-state index in [2.05, 4.69) is 18.2 Å². The molecule has 3 atom stereocenters. The summed E-state index contributed by atoms with van der Waals surface area (Å²) in [4.78, 5) is 0. The Bertz CT molecular complexity index is 644. The summed E-state index contributed by atoms with van der Waals surface area (Å²) in [5, 5.41) is 0. The van der Waals surface area contributed by atoms with E-state index in [4.69, 9.17) is 18.9 Å². The van der Waals surface area contributed by atoms with E-state index in [1.165, 1.54) is 0 Å². The zero-order chi connectivity index (χ0) is 16.2. The van der Waals surface area contributed by atoms with Gasteiger partial charge in [0.25, 0.3) is 6.29 Å². The average molecular weight is 327 g/mol. The number of fused-ring (bicyclic) bond motifs is 1. The van der Waals surface area contributed by atoms with Gasteiger partial charge in [0.05, 0.1) is 13.0 Å². The van der Waals surface area contributed by atoms with E-state index in [0.29, 0.717) is 6.61 Å². The summed E-state index contributed by atoms with van der Waals surface area (Å²) < 4.78 is 22.4. The van der Waals surface area contributed by atoms with Crippen LogP contribution in [0.1, 0.15) is 24.0 Å². The van der Waals surface area contributed by atoms with Gasteiger partial charge in [-0.25, -0.2) is 0 Å². The van der Waals surface area contributed by atoms with Gasteiger partial charge in [-0.05, 0) is 18.1 Å². The standard InChI is InChI=1S/C20H22O4/c1-2-7-15(8-3-1)14-22-17-10-5-4-9-16(17)13-19-23-18-11-6-12-21-20(18)24-19/h1-5,7-10,18-20H,6,11-14H2/p+1/t18?,19?,20-/m1/s1. The van der Waals surface area contributed by atoms with Gasteiger partial charge in [0.15, 0.2) is 0 Å². The fourth-order valence-electron chi connectivity index (χ4n) is 3.25. The molecule has 2 aromatic carbocycles. The normalized spacial score (nSPS) is 26.1. The molecule has 2 unspecified atom stereocenters. The summed E-state index contributed by atoms with van der Waals surface area (Å²) >= 11 is 0. The molecule has 2 aliphatic heterocycles. The molecule has 4 nitrogen and oxygen atoms in total. The first kappa shape index (κ1) is 15.6. The molecule has 126 valence electrons. The van der Waals surface area contributed by atoms with E-state index in [-0.39, 0.29) is 18.7 Å². The van der Waals surface area contributed by atoms with Gasteiger partial charge in [-0.1, -0.05) is 48.5 Å². The highest BCUT2D eigenvalue weighted by Crippen LogP contribution is 2.29. The van der Waals surface area contributed by atoms with Crippen LogP contribution in [-0.2, 0) is 22.5 Å². The van der Waals surface area contributed by atoms with Crippen LogP contribution in [0.2, 0.25) is 0 Å². The summed E-state index contributed by atoms with van der Waals surface area (Å²) in [7, 11) is 0. The largest absolute Gasteiger partial charge is 0.489 e. The fraction of sp³-hybridized carbons (Fsp3) is 0.400. The second-order valence-electron chi connectivity index (χ2n) is 6.27. The first-order chi connectivity index (χ1) is 11.9. The van der Waals surface area contributed by atoms with Gasteiger partial charge in [0.2, 0.25) is 12.4 Å². The van der Waals surface area contributed by atoms with Crippen molar-refractivity contribution in [2.24, 2.45) is 0 Å². The Morgan fingerprint density at radius 2 is 1.88 bits per heavy atom. The zero-order valence-electron chi connectivity index (χ0n) is 13.6. The predicted molar refractivity (Wildman–Crippen MR) is 90.8 cm³/mol. The first-order valence-electron chi connectivity index (χ1n) is 8.60. The first-order valence-corrected chi connectivity index (χ1v) is 8.60. The van der Waals surface area contributed by atoms with Crippen LogP contribution < -0.4 is 4.74 Å². The van der Waals surface area contributed by atoms with Crippen LogP contribution in [0.15, 0.2) is 54.6 Å². The molecular formula is C20H23O4+. The van der Waals surface area contributed by atoms with Crippen LogP contribution in [0.25, 0.3) is 0 Å². The molecule has 0 saturated carbocycles. The number of benzene rings is 2. The van der Waals surface area contributed by atoms with E-state index in [0.717, 1.165) is 42.7 Å². The lowest BCUT2D eigenvalue weighted by Gasteiger charge is -2.18. The lowest BCUT2D eigenvalue weighted by molar-refractivity contribution is -0.178. The number of para-hydroxylation sites is 1. The van der Waals surface area contributed by atoms with Gasteiger partial charge in [-0.2, -0.15) is 0 Å². The van der Waals surface area contributed by atoms with Crippen molar-refractivity contribution in [2.75, 3.05) is 6.61 Å². The minimum Gasteiger partial charge on any atom is -0.489 e. The molecule has 2 fully saturated rings. The Balaban J connectivity index is 1.40. The van der Waals surface area contributed by atoms with Gasteiger partial charge in [-0.15, -0.1) is 0 Å². The zero-order valence-corrected chi connectivity index (χ0v) is 13.6. The quantitative estimate of drug-likeness (QED) is 0.792. The van der Waals surface area contributed by atoms with Crippen LogP contribution >= 0.6 is 0 Å². The smallest absolute Gasteiger partial charge is 0.271 e. The average Bonchev–Trinajstić information content (AvgIpc) is 3.04. The highest BCUT2D eigenvalue weighted by Gasteiger charge is 2.43. The number of hydrogen-bond acceptors (Lipinski definition) is 3. The van der Waals surface area contributed by atoms with Crippen molar-refractivity contribution in [1.82, 2.24) is 0 Å². The van der Waals surface area contributed by atoms with Crippen LogP contribution in [0.4, 0.5) is 0 Å². The van der Waals surface area contributed by atoms with Crippen molar-refractivity contribution in [1.29, 1.82) is 0 Å². The number of ether oxygens (including phenoxy) is 4. The maximum absolute atomic E-state index is 6.02. The second kappa shape index (κ2) is 7.34. The third-order valence-corrected chi connectivity index (χ3v) is 4.49. The highest BCUT2D eigenvalue weighted by molar-refractivity contribution is 5.34. The molecule has 0 bridgehead atoms. The topological polar surface area (TPSA) is 40.5 Å². The minimum atomic E-state index is -0.152. The third kappa shape index (κ3) is 3.61. The van der Waals surface area contributed by atoms with Crippen LogP contribution in [-0.4, -0.2) is 30.0 Å². The summed E-state index contributed by atoms with van der Waals surface area (Å²) in [6, 6.07) is 18.3. The Hall–Kier alpha value is -1.88. The Morgan fingerprint density at radius 1 is 1.04 bits per heavy atom. The minimum absolute atomic E-state index is 0.139. The molecule has 2 aromatic rings. The van der Waals surface area contributed by atoms with Gasteiger partial charge >= 0.3 is 0 Å². The van der Waals surface area contributed by atoms with Crippen molar-refractivity contribution in [2.45, 2.75) is 44.6 Å². The number of rotatable bonds is 5. The van der Waals surface area contributed by atoms with E-state index < -0.39 is 0 Å². The monoisotopic (exact) mass is 327 g/mol. The van der Waals surface area contributed by atoms with Crippen molar-refractivity contribution < 1.29 is 18.9 Å². The van der Waals surface area contributed by atoms with Crippen molar-refractivity contribution in [3.05, 3.63) is 65.7 Å². The molecule has 0 spiro atoms. The molecule has 1 N–H and O–H groups in total. The maximum Gasteiger partial charge on any atom is 0.271 e. The van der Waals surface area contributed by atoms with Crippen LogP contribution in [0, 0.1) is 0 Å². The van der Waals surface area contributed by atoms with E-state index in [1.807, 2.05) is 36.4 Å². The molecule has 2 saturated heterocycles. The summed E-state index contributed by atoms with van der Waals surface area (Å²) in [6.07, 6.45) is 2.76.